The number of nitrogens with zero attached hydrogens (tertiary/aromatic N) is 3. The van der Waals surface area contributed by atoms with Crippen LogP contribution in [0.4, 0.5) is 24.5 Å². The van der Waals surface area contributed by atoms with E-state index in [-0.39, 0.29) is 11.3 Å². The topological polar surface area (TPSA) is 130 Å². The fourth-order valence-corrected chi connectivity index (χ4v) is 4.66. The third-order valence-corrected chi connectivity index (χ3v) is 7.23. The SMILES string of the molecule is CN(C)S(=O)(=O)Nc1ccc(N2CCCC(CN3CCCC3)C2)c(C(=O)O)c1.O=C(O)C(F)(F)F. The van der Waals surface area contributed by atoms with E-state index in [4.69, 9.17) is 9.90 Å². The first-order valence-corrected chi connectivity index (χ1v) is 12.5. The van der Waals surface area contributed by atoms with Crippen LogP contribution in [0, 0.1) is 5.92 Å². The van der Waals surface area contributed by atoms with Crippen LogP contribution in [0.2, 0.25) is 0 Å². The normalized spacial score (nSPS) is 19.3. The van der Waals surface area contributed by atoms with Gasteiger partial charge in [0.05, 0.1) is 16.9 Å². The van der Waals surface area contributed by atoms with Crippen LogP contribution < -0.4 is 9.62 Å². The van der Waals surface area contributed by atoms with E-state index >= 15 is 0 Å². The summed E-state index contributed by atoms with van der Waals surface area (Å²) in [5, 5.41) is 16.8. The van der Waals surface area contributed by atoms with Gasteiger partial charge < -0.3 is 20.0 Å². The van der Waals surface area contributed by atoms with Gasteiger partial charge in [0.2, 0.25) is 0 Å². The Balaban J connectivity index is 0.000000540. The van der Waals surface area contributed by atoms with Gasteiger partial charge in [0, 0.05) is 33.7 Å². The maximum absolute atomic E-state index is 12.0. The second-order valence-corrected chi connectivity index (χ2v) is 10.6. The number of halogens is 3. The third kappa shape index (κ3) is 8.54. The molecule has 0 aliphatic carbocycles. The van der Waals surface area contributed by atoms with Crippen molar-refractivity contribution in [2.45, 2.75) is 31.9 Å². The minimum atomic E-state index is -5.08. The number of likely N-dealkylation sites (tertiary alicyclic amines) is 1. The van der Waals surface area contributed by atoms with Crippen molar-refractivity contribution in [3.8, 4) is 0 Å². The second-order valence-electron chi connectivity index (χ2n) is 8.69. The summed E-state index contributed by atoms with van der Waals surface area (Å²) >= 11 is 0. The predicted octanol–water partition coefficient (Wildman–Crippen LogP) is 2.55. The number of aliphatic carboxylic acids is 1. The lowest BCUT2D eigenvalue weighted by Gasteiger charge is -2.36. The maximum atomic E-state index is 12.0. The summed E-state index contributed by atoms with van der Waals surface area (Å²) in [4.78, 5) is 25.4. The molecule has 1 aromatic carbocycles. The number of carboxylic acid groups (broad SMARTS) is 2. The van der Waals surface area contributed by atoms with Crippen molar-refractivity contribution in [2.75, 3.05) is 56.4 Å². The largest absolute Gasteiger partial charge is 0.490 e. The molecule has 2 aliphatic rings. The Kier molecular flexibility index (Phi) is 9.75. The second kappa shape index (κ2) is 11.9. The van der Waals surface area contributed by atoms with Crippen molar-refractivity contribution in [1.29, 1.82) is 0 Å². The lowest BCUT2D eigenvalue weighted by atomic mass is 9.96. The predicted molar refractivity (Wildman–Crippen MR) is 124 cm³/mol. The molecule has 3 N–H and O–H groups in total. The van der Waals surface area contributed by atoms with Crippen molar-refractivity contribution in [3.05, 3.63) is 23.8 Å². The molecule has 14 heteroatoms. The fourth-order valence-electron chi connectivity index (χ4n) is 4.05. The van der Waals surface area contributed by atoms with Crippen LogP contribution in [0.15, 0.2) is 18.2 Å². The van der Waals surface area contributed by atoms with E-state index in [1.807, 2.05) is 0 Å². The Hall–Kier alpha value is -2.58. The van der Waals surface area contributed by atoms with Crippen LogP contribution in [0.25, 0.3) is 0 Å². The van der Waals surface area contributed by atoms with Crippen LogP contribution in [0.1, 0.15) is 36.0 Å². The number of carbonyl (C=O) groups is 2. The summed E-state index contributed by atoms with van der Waals surface area (Å²) in [7, 11) is -0.843. The van der Waals surface area contributed by atoms with Gasteiger partial charge in [0.25, 0.3) is 0 Å². The molecule has 2 aliphatic heterocycles. The highest BCUT2D eigenvalue weighted by atomic mass is 32.2. The van der Waals surface area contributed by atoms with Crippen LogP contribution in [-0.4, -0.2) is 92.8 Å². The highest BCUT2D eigenvalue weighted by Crippen LogP contribution is 2.30. The number of alkyl halides is 3. The molecular weight excluding hydrogens is 493 g/mol. The number of hydrogen-bond donors (Lipinski definition) is 3. The van der Waals surface area contributed by atoms with Crippen LogP contribution >= 0.6 is 0 Å². The average molecular weight is 525 g/mol. The Morgan fingerprint density at radius 2 is 1.71 bits per heavy atom. The molecule has 3 rings (SSSR count). The molecule has 1 aromatic rings. The van der Waals surface area contributed by atoms with Gasteiger partial charge in [-0.3, -0.25) is 4.72 Å². The average Bonchev–Trinajstić information content (AvgIpc) is 3.26. The lowest BCUT2D eigenvalue weighted by molar-refractivity contribution is -0.192. The van der Waals surface area contributed by atoms with E-state index < -0.39 is 28.3 Å². The summed E-state index contributed by atoms with van der Waals surface area (Å²) in [6.45, 7) is 5.05. The first-order chi connectivity index (χ1) is 16.2. The van der Waals surface area contributed by atoms with Crippen molar-refractivity contribution < 1.29 is 41.4 Å². The molecule has 0 aromatic heterocycles. The minimum absolute atomic E-state index is 0.126. The summed E-state index contributed by atoms with van der Waals surface area (Å²) in [6, 6.07) is 4.75. The summed E-state index contributed by atoms with van der Waals surface area (Å²) in [5.41, 5.74) is 1.03. The smallest absolute Gasteiger partial charge is 0.478 e. The monoisotopic (exact) mass is 524 g/mol. The van der Waals surface area contributed by atoms with E-state index in [0.717, 1.165) is 49.9 Å². The first-order valence-electron chi connectivity index (χ1n) is 11.1. The molecule has 2 heterocycles. The number of aromatic carboxylic acids is 1. The van der Waals surface area contributed by atoms with E-state index in [9.17, 15) is 31.5 Å². The van der Waals surface area contributed by atoms with Gasteiger partial charge in [-0.1, -0.05) is 0 Å². The van der Waals surface area contributed by atoms with Crippen molar-refractivity contribution in [2.24, 2.45) is 5.92 Å². The zero-order chi connectivity index (χ0) is 26.4. The number of carboxylic acids is 2. The van der Waals surface area contributed by atoms with Crippen molar-refractivity contribution in [3.63, 3.8) is 0 Å². The molecule has 0 saturated carbocycles. The Labute approximate surface area is 202 Å². The molecule has 35 heavy (non-hydrogen) atoms. The van der Waals surface area contributed by atoms with E-state index in [1.165, 1.54) is 33.0 Å². The van der Waals surface area contributed by atoms with Gasteiger partial charge in [0.1, 0.15) is 0 Å². The molecule has 10 nitrogen and oxygen atoms in total. The van der Waals surface area contributed by atoms with Crippen LogP contribution in [-0.2, 0) is 15.0 Å². The van der Waals surface area contributed by atoms with Crippen LogP contribution in [0.3, 0.4) is 0 Å². The fraction of sp³-hybridized carbons (Fsp3) is 0.619. The standard InChI is InChI=1S/C19H30N4O4S.C2HF3O2/c1-21(2)28(26,27)20-16-7-8-18(17(12-16)19(24)25)23-11-5-6-15(14-23)13-22-9-3-4-10-22;3-2(4,5)1(6)7/h7-8,12,15,20H,3-6,9-11,13-14H2,1-2H3,(H,24,25);(H,6,7). The first kappa shape index (κ1) is 28.7. The molecule has 2 saturated heterocycles. The van der Waals surface area contributed by atoms with Gasteiger partial charge in [-0.05, 0) is 62.9 Å². The Morgan fingerprint density at radius 3 is 2.23 bits per heavy atom. The third-order valence-electron chi connectivity index (χ3n) is 5.77. The van der Waals surface area contributed by atoms with Crippen LogP contribution in [0.5, 0.6) is 0 Å². The lowest BCUT2D eigenvalue weighted by Crippen LogP contribution is -2.41. The van der Waals surface area contributed by atoms with Crippen molar-refractivity contribution >= 4 is 33.5 Å². The number of anilines is 2. The van der Waals surface area contributed by atoms with E-state index in [0.29, 0.717) is 11.6 Å². The van der Waals surface area contributed by atoms with Crippen molar-refractivity contribution in [1.82, 2.24) is 9.21 Å². The van der Waals surface area contributed by atoms with Gasteiger partial charge in [-0.2, -0.15) is 25.9 Å². The number of hydrogen-bond acceptors (Lipinski definition) is 6. The molecule has 1 atom stereocenters. The zero-order valence-corrected chi connectivity index (χ0v) is 20.4. The van der Waals surface area contributed by atoms with Gasteiger partial charge in [-0.15, -0.1) is 0 Å². The molecule has 0 radical (unpaired) electrons. The van der Waals surface area contributed by atoms with E-state index in [2.05, 4.69) is 14.5 Å². The zero-order valence-electron chi connectivity index (χ0n) is 19.6. The molecule has 0 amide bonds. The summed E-state index contributed by atoms with van der Waals surface area (Å²) < 4.78 is 59.3. The number of piperidine rings is 1. The van der Waals surface area contributed by atoms with Gasteiger partial charge in [-0.25, -0.2) is 9.59 Å². The number of benzene rings is 1. The molecule has 2 fully saturated rings. The Morgan fingerprint density at radius 1 is 1.11 bits per heavy atom. The van der Waals surface area contributed by atoms with E-state index in [1.54, 1.807) is 12.1 Å². The highest BCUT2D eigenvalue weighted by molar-refractivity contribution is 7.90. The summed E-state index contributed by atoms with van der Waals surface area (Å²) in [5.74, 6) is -3.28. The maximum Gasteiger partial charge on any atom is 0.490 e. The quantitative estimate of drug-likeness (QED) is 0.496. The molecule has 0 spiro atoms. The molecule has 1 unspecified atom stereocenters. The number of nitrogens with one attached hydrogen (secondary N) is 1. The van der Waals surface area contributed by atoms with Gasteiger partial charge in [0.15, 0.2) is 0 Å². The Bertz CT molecular complexity index is 997. The summed E-state index contributed by atoms with van der Waals surface area (Å²) in [6.07, 6.45) is -0.351. The van der Waals surface area contributed by atoms with Gasteiger partial charge >= 0.3 is 28.3 Å². The minimum Gasteiger partial charge on any atom is -0.478 e. The molecular formula is C21H31F3N4O6S. The highest BCUT2D eigenvalue weighted by Gasteiger charge is 2.38. The molecule has 198 valence electrons. The molecule has 0 bridgehead atoms. The number of rotatable bonds is 7.